The van der Waals surface area contributed by atoms with E-state index >= 15 is 0 Å². The second-order valence-corrected chi connectivity index (χ2v) is 3.77. The minimum Gasteiger partial charge on any atom is -0.506 e. The average Bonchev–Trinajstić information content (AvgIpc) is 2.38. The predicted molar refractivity (Wildman–Crippen MR) is 66.8 cm³/mol. The lowest BCUT2D eigenvalue weighted by molar-refractivity contribution is -0.384. The van der Waals surface area contributed by atoms with Crippen LogP contribution < -0.4 is 5.63 Å². The van der Waals surface area contributed by atoms with Gasteiger partial charge in [0.05, 0.1) is 23.0 Å². The summed E-state index contributed by atoms with van der Waals surface area (Å²) < 4.78 is 9.44. The molecule has 1 N–H and O–H groups in total. The van der Waals surface area contributed by atoms with E-state index in [0.29, 0.717) is 0 Å². The molecule has 0 fully saturated rings. The van der Waals surface area contributed by atoms with Gasteiger partial charge >= 0.3 is 11.6 Å². The standard InChI is InChI=1S/C12H9NO7/c1-2-19-11(15)9-10(14)7-4-3-6(13(17)18)5-8(7)20-12(9)16/h3-5,14H,2H2,1H3. The van der Waals surface area contributed by atoms with Gasteiger partial charge < -0.3 is 14.3 Å². The second kappa shape index (κ2) is 5.00. The van der Waals surface area contributed by atoms with Crippen molar-refractivity contribution in [3.63, 3.8) is 0 Å². The molecule has 0 aliphatic heterocycles. The number of benzene rings is 1. The number of rotatable bonds is 3. The molecule has 0 radical (unpaired) electrons. The number of esters is 1. The van der Waals surface area contributed by atoms with E-state index in [1.54, 1.807) is 6.92 Å². The summed E-state index contributed by atoms with van der Waals surface area (Å²) >= 11 is 0. The van der Waals surface area contributed by atoms with Crippen molar-refractivity contribution in [1.82, 2.24) is 0 Å². The summed E-state index contributed by atoms with van der Waals surface area (Å²) in [6.45, 7) is 1.57. The van der Waals surface area contributed by atoms with Crippen LogP contribution in [0.1, 0.15) is 17.3 Å². The van der Waals surface area contributed by atoms with Crippen molar-refractivity contribution >= 4 is 22.6 Å². The molecule has 1 heterocycles. The Balaban J connectivity index is 2.71. The summed E-state index contributed by atoms with van der Waals surface area (Å²) in [4.78, 5) is 33.2. The van der Waals surface area contributed by atoms with Crippen molar-refractivity contribution in [3.8, 4) is 5.75 Å². The van der Waals surface area contributed by atoms with Gasteiger partial charge in [0, 0.05) is 6.07 Å². The van der Waals surface area contributed by atoms with Crippen LogP contribution in [0.15, 0.2) is 27.4 Å². The van der Waals surface area contributed by atoms with Crippen molar-refractivity contribution in [2.75, 3.05) is 6.61 Å². The highest BCUT2D eigenvalue weighted by molar-refractivity contribution is 5.98. The smallest absolute Gasteiger partial charge is 0.354 e. The Morgan fingerprint density at radius 2 is 2.20 bits per heavy atom. The largest absolute Gasteiger partial charge is 0.506 e. The average molecular weight is 279 g/mol. The highest BCUT2D eigenvalue weighted by atomic mass is 16.6. The van der Waals surface area contributed by atoms with Gasteiger partial charge in [-0.15, -0.1) is 0 Å². The van der Waals surface area contributed by atoms with E-state index in [2.05, 4.69) is 4.74 Å². The molecule has 8 heteroatoms. The molecule has 0 aliphatic rings. The fourth-order valence-corrected chi connectivity index (χ4v) is 1.67. The maximum atomic E-state index is 11.7. The van der Waals surface area contributed by atoms with Gasteiger partial charge in [0.2, 0.25) is 0 Å². The molecule has 0 aliphatic carbocycles. The maximum Gasteiger partial charge on any atom is 0.354 e. The van der Waals surface area contributed by atoms with Gasteiger partial charge in [0.1, 0.15) is 11.3 Å². The number of nitrogens with zero attached hydrogens (tertiary/aromatic N) is 1. The third-order valence-corrected chi connectivity index (χ3v) is 2.55. The molecule has 0 saturated carbocycles. The number of hydrogen-bond acceptors (Lipinski definition) is 7. The summed E-state index contributed by atoms with van der Waals surface area (Å²) in [6.07, 6.45) is 0. The number of carbonyl (C=O) groups excluding carboxylic acids is 1. The fraction of sp³-hybridized carbons (Fsp3) is 0.167. The van der Waals surface area contributed by atoms with E-state index in [1.165, 1.54) is 6.07 Å². The zero-order chi connectivity index (χ0) is 14.9. The molecule has 1 aromatic heterocycles. The van der Waals surface area contributed by atoms with E-state index in [4.69, 9.17) is 4.42 Å². The van der Waals surface area contributed by atoms with E-state index in [0.717, 1.165) is 12.1 Å². The van der Waals surface area contributed by atoms with Crippen LogP contribution in [-0.4, -0.2) is 22.6 Å². The van der Waals surface area contributed by atoms with Gasteiger partial charge in [0.25, 0.3) is 5.69 Å². The van der Waals surface area contributed by atoms with Crippen LogP contribution >= 0.6 is 0 Å². The first-order chi connectivity index (χ1) is 9.45. The Kier molecular flexibility index (Phi) is 3.38. The van der Waals surface area contributed by atoms with Crippen molar-refractivity contribution in [2.24, 2.45) is 0 Å². The van der Waals surface area contributed by atoms with Gasteiger partial charge in [0.15, 0.2) is 5.56 Å². The zero-order valence-corrected chi connectivity index (χ0v) is 10.3. The Morgan fingerprint density at radius 3 is 2.80 bits per heavy atom. The summed E-state index contributed by atoms with van der Waals surface area (Å²) in [5.74, 6) is -1.64. The Labute approximate surface area is 111 Å². The fourth-order valence-electron chi connectivity index (χ4n) is 1.67. The lowest BCUT2D eigenvalue weighted by Gasteiger charge is -2.05. The number of aromatic hydroxyl groups is 1. The Hall–Kier alpha value is -2.90. The molecular weight excluding hydrogens is 270 g/mol. The van der Waals surface area contributed by atoms with Gasteiger partial charge in [-0.05, 0) is 13.0 Å². The van der Waals surface area contributed by atoms with Gasteiger partial charge in [-0.2, -0.15) is 0 Å². The Bertz CT molecular complexity index is 762. The lowest BCUT2D eigenvalue weighted by atomic mass is 10.1. The normalized spacial score (nSPS) is 10.4. The number of non-ortho nitro benzene ring substituents is 1. The molecule has 20 heavy (non-hydrogen) atoms. The molecular formula is C12H9NO7. The summed E-state index contributed by atoms with van der Waals surface area (Å²) in [5, 5.41) is 20.6. The monoisotopic (exact) mass is 279 g/mol. The number of carbonyl (C=O) groups is 1. The lowest BCUT2D eigenvalue weighted by Crippen LogP contribution is -2.16. The van der Waals surface area contributed by atoms with E-state index in [9.17, 15) is 24.8 Å². The van der Waals surface area contributed by atoms with Crippen molar-refractivity contribution in [1.29, 1.82) is 0 Å². The number of nitro groups is 1. The minimum absolute atomic E-state index is 0.0123. The zero-order valence-electron chi connectivity index (χ0n) is 10.3. The number of hydrogen-bond donors (Lipinski definition) is 1. The number of nitro benzene ring substituents is 1. The first-order valence-electron chi connectivity index (χ1n) is 5.57. The molecule has 0 saturated heterocycles. The van der Waals surface area contributed by atoms with Crippen LogP contribution in [0.25, 0.3) is 11.0 Å². The van der Waals surface area contributed by atoms with Crippen LogP contribution in [0, 0.1) is 10.1 Å². The van der Waals surface area contributed by atoms with Crippen LogP contribution in [0.2, 0.25) is 0 Å². The van der Waals surface area contributed by atoms with Crippen LogP contribution in [-0.2, 0) is 4.74 Å². The maximum absolute atomic E-state index is 11.7. The molecule has 0 amide bonds. The van der Waals surface area contributed by atoms with Crippen LogP contribution in [0.5, 0.6) is 5.75 Å². The molecule has 0 spiro atoms. The SMILES string of the molecule is CCOC(=O)c1c(O)c2ccc([N+](=O)[O-])cc2oc1=O. The molecule has 0 atom stereocenters. The number of fused-ring (bicyclic) bond motifs is 1. The Morgan fingerprint density at radius 1 is 1.50 bits per heavy atom. The quantitative estimate of drug-likeness (QED) is 0.392. The van der Waals surface area contributed by atoms with Crippen LogP contribution in [0.4, 0.5) is 5.69 Å². The number of ether oxygens (including phenoxy) is 1. The van der Waals surface area contributed by atoms with E-state index in [1.807, 2.05) is 0 Å². The molecule has 1 aromatic carbocycles. The molecule has 104 valence electrons. The second-order valence-electron chi connectivity index (χ2n) is 3.77. The third-order valence-electron chi connectivity index (χ3n) is 2.55. The minimum atomic E-state index is -1.12. The predicted octanol–water partition coefficient (Wildman–Crippen LogP) is 1.58. The summed E-state index contributed by atoms with van der Waals surface area (Å²) in [7, 11) is 0. The van der Waals surface area contributed by atoms with Crippen molar-refractivity contribution in [2.45, 2.75) is 6.92 Å². The van der Waals surface area contributed by atoms with E-state index in [-0.39, 0.29) is 23.3 Å². The summed E-state index contributed by atoms with van der Waals surface area (Å²) in [5.41, 5.74) is -2.24. The highest BCUT2D eigenvalue weighted by Gasteiger charge is 2.23. The summed E-state index contributed by atoms with van der Waals surface area (Å²) in [6, 6.07) is 3.30. The van der Waals surface area contributed by atoms with Gasteiger partial charge in [-0.1, -0.05) is 0 Å². The molecule has 2 aromatic rings. The van der Waals surface area contributed by atoms with E-state index < -0.39 is 27.8 Å². The first-order valence-corrected chi connectivity index (χ1v) is 5.57. The van der Waals surface area contributed by atoms with Crippen LogP contribution in [0.3, 0.4) is 0 Å². The third kappa shape index (κ3) is 2.18. The van der Waals surface area contributed by atoms with Gasteiger partial charge in [-0.25, -0.2) is 9.59 Å². The van der Waals surface area contributed by atoms with Gasteiger partial charge in [-0.3, -0.25) is 10.1 Å². The molecule has 0 unspecified atom stereocenters. The molecule has 0 bridgehead atoms. The topological polar surface area (TPSA) is 120 Å². The molecule has 8 nitrogen and oxygen atoms in total. The first kappa shape index (κ1) is 13.5. The highest BCUT2D eigenvalue weighted by Crippen LogP contribution is 2.29. The van der Waals surface area contributed by atoms with Crippen molar-refractivity contribution < 1.29 is 24.0 Å². The van der Waals surface area contributed by atoms with Crippen molar-refractivity contribution in [3.05, 3.63) is 44.3 Å². The molecule has 2 rings (SSSR count).